The molecule has 4 aliphatic carbocycles. The molecule has 0 amide bonds. The van der Waals surface area contributed by atoms with Gasteiger partial charge in [-0.15, -0.1) is 11.8 Å². The summed E-state index contributed by atoms with van der Waals surface area (Å²) in [6.07, 6.45) is 4.63. The molecule has 4 atom stereocenters. The van der Waals surface area contributed by atoms with Crippen molar-refractivity contribution in [1.82, 2.24) is 0 Å². The second-order valence-electron chi connectivity index (χ2n) is 8.36. The van der Waals surface area contributed by atoms with Crippen LogP contribution in [0.4, 0.5) is 8.78 Å². The number of rotatable bonds is 2. The number of carbonyl (C=O) groups is 2. The zero-order chi connectivity index (χ0) is 17.6. The van der Waals surface area contributed by atoms with Crippen LogP contribution in [-0.2, 0) is 19.1 Å². The Hall–Kier alpha value is -0.500. The molecular weight excluding hydrogens is 370 g/mol. The molecule has 4 unspecified atom stereocenters. The molecule has 4 bridgehead atoms. The van der Waals surface area contributed by atoms with Crippen molar-refractivity contribution in [2.45, 2.75) is 71.7 Å². The van der Waals surface area contributed by atoms with Crippen LogP contribution in [0, 0.1) is 17.8 Å². The molecule has 0 N–H and O–H groups in total. The Bertz CT molecular complexity index is 615. The highest BCUT2D eigenvalue weighted by Gasteiger charge is 2.69. The Labute approximate surface area is 153 Å². The topological polar surface area (TPSA) is 52.6 Å². The normalized spacial score (nSPS) is 50.2. The summed E-state index contributed by atoms with van der Waals surface area (Å²) in [5.41, 5.74) is -0.790. The largest absolute Gasteiger partial charge is 0.455 e. The molecule has 0 aromatic heterocycles. The average molecular weight is 390 g/mol. The first-order valence-electron chi connectivity index (χ1n) is 8.85. The number of fused-ring (bicyclic) bond motifs is 1. The van der Waals surface area contributed by atoms with Gasteiger partial charge in [0.05, 0.1) is 15.7 Å². The third-order valence-corrected chi connectivity index (χ3v) is 10.7. The fourth-order valence-electron chi connectivity index (χ4n) is 5.81. The third kappa shape index (κ3) is 2.38. The second-order valence-corrected chi connectivity index (χ2v) is 11.5. The van der Waals surface area contributed by atoms with E-state index in [9.17, 15) is 18.4 Å². The van der Waals surface area contributed by atoms with Gasteiger partial charge in [-0.2, -0.15) is 8.78 Å². The lowest BCUT2D eigenvalue weighted by Gasteiger charge is -2.63. The molecule has 2 saturated heterocycles. The molecule has 8 heteroatoms. The number of hydrogen-bond acceptors (Lipinski definition) is 6. The van der Waals surface area contributed by atoms with E-state index in [0.717, 1.165) is 19.3 Å². The number of esters is 2. The van der Waals surface area contributed by atoms with Crippen LogP contribution in [0.2, 0.25) is 0 Å². The average Bonchev–Trinajstić information content (AvgIpc) is 2.98. The number of alkyl halides is 2. The minimum atomic E-state index is -3.44. The van der Waals surface area contributed by atoms with Crippen LogP contribution >= 0.6 is 23.5 Å². The smallest absolute Gasteiger partial charge is 0.377 e. The van der Waals surface area contributed by atoms with Crippen molar-refractivity contribution < 1.29 is 27.8 Å². The monoisotopic (exact) mass is 390 g/mol. The number of hydrogen-bond donors (Lipinski definition) is 0. The van der Waals surface area contributed by atoms with Crippen LogP contribution < -0.4 is 0 Å². The summed E-state index contributed by atoms with van der Waals surface area (Å²) in [5.74, 6) is -3.84. The molecule has 4 saturated carbocycles. The molecule has 0 aromatic rings. The summed E-state index contributed by atoms with van der Waals surface area (Å²) in [4.78, 5) is 23.3. The summed E-state index contributed by atoms with van der Waals surface area (Å²) in [5, 5.41) is 0.202. The molecular formula is C17H20F2O4S2. The lowest BCUT2D eigenvalue weighted by molar-refractivity contribution is -0.208. The fourth-order valence-corrected chi connectivity index (χ4v) is 10.1. The van der Waals surface area contributed by atoms with E-state index in [4.69, 9.17) is 9.47 Å². The van der Waals surface area contributed by atoms with Crippen molar-refractivity contribution in [1.29, 1.82) is 0 Å². The number of halogens is 2. The van der Waals surface area contributed by atoms with E-state index >= 15 is 0 Å². The van der Waals surface area contributed by atoms with Crippen LogP contribution in [0.3, 0.4) is 0 Å². The molecule has 6 fully saturated rings. The van der Waals surface area contributed by atoms with Gasteiger partial charge in [0.15, 0.2) is 5.44 Å². The van der Waals surface area contributed by atoms with Gasteiger partial charge in [0.1, 0.15) is 5.60 Å². The maximum absolute atomic E-state index is 13.4. The first kappa shape index (κ1) is 16.7. The summed E-state index contributed by atoms with van der Waals surface area (Å²) < 4.78 is 37.6. The first-order valence-corrected chi connectivity index (χ1v) is 10.6. The number of thioether (sulfide) groups is 2. The summed E-state index contributed by atoms with van der Waals surface area (Å²) >= 11 is 3.65. The zero-order valence-corrected chi connectivity index (χ0v) is 15.5. The Morgan fingerprint density at radius 3 is 2.52 bits per heavy atom. The van der Waals surface area contributed by atoms with Crippen LogP contribution in [-0.4, -0.2) is 38.2 Å². The molecule has 6 aliphatic rings. The van der Waals surface area contributed by atoms with Gasteiger partial charge in [-0.05, 0) is 49.9 Å². The van der Waals surface area contributed by atoms with Crippen molar-refractivity contribution in [3.63, 3.8) is 0 Å². The molecule has 4 nitrogen and oxygen atoms in total. The molecule has 25 heavy (non-hydrogen) atoms. The zero-order valence-electron chi connectivity index (χ0n) is 13.8. The standard InChI is InChI=1S/C17H20F2O4S2/c1-15(18,19)14(21)23-16-5-8-2-9(6-16)17(10(3-8)7-16)24-11-4-12(20)22-13(11)25-17/h8-11,13H,2-7H2,1H3. The van der Waals surface area contributed by atoms with Crippen molar-refractivity contribution >= 4 is 35.5 Å². The maximum Gasteiger partial charge on any atom is 0.377 e. The van der Waals surface area contributed by atoms with E-state index in [1.807, 2.05) is 11.8 Å². The Morgan fingerprint density at radius 1 is 1.24 bits per heavy atom. The molecule has 138 valence electrons. The lowest BCUT2D eigenvalue weighted by Crippen LogP contribution is -2.62. The van der Waals surface area contributed by atoms with Crippen molar-refractivity contribution in [2.75, 3.05) is 0 Å². The molecule has 2 aliphatic heterocycles. The predicted octanol–water partition coefficient (Wildman–Crippen LogP) is 3.58. The SMILES string of the molecule is CC(F)(F)C(=O)OC12CC3CC(C1)C1(SC4CC(=O)OC4S1)C(C3)C2. The van der Waals surface area contributed by atoms with E-state index in [1.54, 1.807) is 11.8 Å². The van der Waals surface area contributed by atoms with E-state index in [0.29, 0.717) is 43.9 Å². The van der Waals surface area contributed by atoms with Gasteiger partial charge < -0.3 is 9.47 Å². The quantitative estimate of drug-likeness (QED) is 0.672. The summed E-state index contributed by atoms with van der Waals surface area (Å²) in [6.45, 7) is 0.607. The van der Waals surface area contributed by atoms with Crippen LogP contribution in [0.5, 0.6) is 0 Å². The second kappa shape index (κ2) is 5.06. The maximum atomic E-state index is 13.4. The minimum absolute atomic E-state index is 0.00239. The van der Waals surface area contributed by atoms with Crippen LogP contribution in [0.25, 0.3) is 0 Å². The Balaban J connectivity index is 1.40. The van der Waals surface area contributed by atoms with Crippen molar-refractivity contribution in [3.05, 3.63) is 0 Å². The lowest BCUT2D eigenvalue weighted by atomic mass is 9.53. The van der Waals surface area contributed by atoms with Gasteiger partial charge in [0.2, 0.25) is 0 Å². The van der Waals surface area contributed by atoms with Gasteiger partial charge in [0, 0.05) is 6.92 Å². The molecule has 0 radical (unpaired) electrons. The fraction of sp³-hybridized carbons (Fsp3) is 0.882. The van der Waals surface area contributed by atoms with Crippen LogP contribution in [0.1, 0.15) is 45.4 Å². The molecule has 0 aromatic carbocycles. The van der Waals surface area contributed by atoms with E-state index in [1.165, 1.54) is 0 Å². The van der Waals surface area contributed by atoms with Gasteiger partial charge in [0.25, 0.3) is 0 Å². The van der Waals surface area contributed by atoms with E-state index < -0.39 is 17.5 Å². The van der Waals surface area contributed by atoms with Crippen molar-refractivity contribution in [3.8, 4) is 0 Å². The van der Waals surface area contributed by atoms with Gasteiger partial charge in [-0.3, -0.25) is 4.79 Å². The molecule has 2 heterocycles. The third-order valence-electron chi connectivity index (χ3n) is 6.49. The number of carbonyl (C=O) groups excluding carboxylic acids is 2. The highest BCUT2D eigenvalue weighted by Crippen LogP contribution is 2.73. The number of ether oxygens (including phenoxy) is 2. The Morgan fingerprint density at radius 2 is 1.92 bits per heavy atom. The van der Waals surface area contributed by atoms with E-state index in [-0.39, 0.29) is 20.7 Å². The van der Waals surface area contributed by atoms with Gasteiger partial charge in [-0.25, -0.2) is 4.79 Å². The summed E-state index contributed by atoms with van der Waals surface area (Å²) in [7, 11) is 0. The van der Waals surface area contributed by atoms with Crippen LogP contribution in [0.15, 0.2) is 0 Å². The minimum Gasteiger partial charge on any atom is -0.455 e. The first-order chi connectivity index (χ1) is 11.7. The van der Waals surface area contributed by atoms with Gasteiger partial charge in [-0.1, -0.05) is 11.8 Å². The highest BCUT2D eigenvalue weighted by molar-refractivity contribution is 8.22. The summed E-state index contributed by atoms with van der Waals surface area (Å²) in [6, 6.07) is 0. The van der Waals surface area contributed by atoms with Crippen molar-refractivity contribution in [2.24, 2.45) is 17.8 Å². The predicted molar refractivity (Wildman–Crippen MR) is 89.2 cm³/mol. The van der Waals surface area contributed by atoms with E-state index in [2.05, 4.69) is 0 Å². The molecule has 1 spiro atoms. The van der Waals surface area contributed by atoms with Gasteiger partial charge >= 0.3 is 17.9 Å². The molecule has 6 rings (SSSR count). The Kier molecular flexibility index (Phi) is 3.37. The highest BCUT2D eigenvalue weighted by atomic mass is 32.2.